The molecule has 0 saturated carbocycles. The normalized spacial score (nSPS) is 21.9. The van der Waals surface area contributed by atoms with Crippen molar-refractivity contribution in [2.24, 2.45) is 5.92 Å². The van der Waals surface area contributed by atoms with Crippen molar-refractivity contribution in [1.29, 1.82) is 5.26 Å². The van der Waals surface area contributed by atoms with Crippen LogP contribution in [0.25, 0.3) is 10.8 Å². The molecular formula is C35H42FN7O2. The molecule has 3 atom stereocenters. The van der Waals surface area contributed by atoms with Crippen molar-refractivity contribution in [2.45, 2.75) is 58.2 Å². The van der Waals surface area contributed by atoms with Crippen LogP contribution in [0.15, 0.2) is 48.8 Å². The number of rotatable bonds is 8. The first-order valence-electron chi connectivity index (χ1n) is 16.0. The fourth-order valence-electron chi connectivity index (χ4n) is 7.30. The third kappa shape index (κ3) is 6.19. The summed E-state index contributed by atoms with van der Waals surface area (Å²) in [5.74, 6) is -0.315. The Balaban J connectivity index is 1.33. The zero-order valence-electron chi connectivity index (χ0n) is 26.5. The number of likely N-dealkylation sites (tertiary alicyclic amines) is 1. The molecule has 3 aromatic rings. The van der Waals surface area contributed by atoms with Crippen LogP contribution in [0.3, 0.4) is 0 Å². The monoisotopic (exact) mass is 611 g/mol. The van der Waals surface area contributed by atoms with Crippen molar-refractivity contribution >= 4 is 28.2 Å². The molecule has 0 aliphatic carbocycles. The fourth-order valence-corrected chi connectivity index (χ4v) is 7.30. The number of aromatic nitrogens is 2. The highest BCUT2D eigenvalue weighted by Gasteiger charge is 2.35. The SMILES string of the molecule is C=C(F)C(=O)N1CCN(c2nc(OC[C@H]3C[C@@H](CC)CN3C)nc3c2CCN(c2cccc4cccc(C)c24)C3)C[C@@H]1CC#N. The Hall–Kier alpha value is -4.23. The molecule has 0 N–H and O–H groups in total. The number of benzene rings is 2. The maximum absolute atomic E-state index is 13.9. The number of piperazine rings is 1. The lowest BCUT2D eigenvalue weighted by atomic mass is 9.99. The van der Waals surface area contributed by atoms with Gasteiger partial charge in [-0.2, -0.15) is 15.2 Å². The van der Waals surface area contributed by atoms with Crippen molar-refractivity contribution in [3.05, 3.63) is 65.6 Å². The minimum atomic E-state index is -1.01. The Morgan fingerprint density at radius 1 is 1.11 bits per heavy atom. The fraction of sp³-hybridized carbons (Fsp3) is 0.486. The van der Waals surface area contributed by atoms with Crippen molar-refractivity contribution in [1.82, 2.24) is 19.8 Å². The van der Waals surface area contributed by atoms with E-state index in [0.717, 1.165) is 49.4 Å². The Bertz CT molecular complexity index is 1630. The molecule has 1 aromatic heterocycles. The number of carbonyl (C=O) groups excluding carboxylic acids is 1. The summed E-state index contributed by atoms with van der Waals surface area (Å²) in [6, 6.07) is 15.2. The highest BCUT2D eigenvalue weighted by Crippen LogP contribution is 2.36. The van der Waals surface area contributed by atoms with Crippen molar-refractivity contribution in [2.75, 3.05) is 56.2 Å². The van der Waals surface area contributed by atoms with E-state index in [9.17, 15) is 14.4 Å². The van der Waals surface area contributed by atoms with Crippen LogP contribution < -0.4 is 14.5 Å². The maximum atomic E-state index is 13.9. The number of aryl methyl sites for hydroxylation is 1. The van der Waals surface area contributed by atoms with Gasteiger partial charge < -0.3 is 19.4 Å². The van der Waals surface area contributed by atoms with Crippen LogP contribution in [0, 0.1) is 24.2 Å². The quantitative estimate of drug-likeness (QED) is 0.328. The molecule has 0 unspecified atom stereocenters. The number of carbonyl (C=O) groups is 1. The van der Waals surface area contributed by atoms with Crippen LogP contribution in [0.1, 0.15) is 43.0 Å². The summed E-state index contributed by atoms with van der Waals surface area (Å²) >= 11 is 0. The van der Waals surface area contributed by atoms with Crippen LogP contribution >= 0.6 is 0 Å². The Morgan fingerprint density at radius 3 is 2.64 bits per heavy atom. The number of hydrogen-bond acceptors (Lipinski definition) is 8. The molecule has 0 bridgehead atoms. The van der Waals surface area contributed by atoms with Gasteiger partial charge in [-0.15, -0.1) is 0 Å². The van der Waals surface area contributed by atoms with Crippen LogP contribution in [-0.4, -0.2) is 84.1 Å². The topological polar surface area (TPSA) is 88.8 Å². The largest absolute Gasteiger partial charge is 0.462 e. The summed E-state index contributed by atoms with van der Waals surface area (Å²) in [5.41, 5.74) is 4.40. The first kappa shape index (κ1) is 30.8. The predicted octanol–water partition coefficient (Wildman–Crippen LogP) is 5.02. The third-order valence-corrected chi connectivity index (χ3v) is 9.81. The molecule has 3 aliphatic heterocycles. The van der Waals surface area contributed by atoms with Crippen molar-refractivity contribution in [3.63, 3.8) is 0 Å². The average molecular weight is 612 g/mol. The molecule has 4 heterocycles. The van der Waals surface area contributed by atoms with Gasteiger partial charge in [-0.05, 0) is 49.7 Å². The van der Waals surface area contributed by atoms with Gasteiger partial charge in [0.15, 0.2) is 5.83 Å². The Labute approximate surface area is 264 Å². The van der Waals surface area contributed by atoms with Gasteiger partial charge in [0, 0.05) is 55.4 Å². The second-order valence-electron chi connectivity index (χ2n) is 12.7. The van der Waals surface area contributed by atoms with Crippen LogP contribution in [0.4, 0.5) is 15.9 Å². The molecule has 1 amide bonds. The molecular weight excluding hydrogens is 569 g/mol. The summed E-state index contributed by atoms with van der Waals surface area (Å²) in [4.78, 5) is 30.8. The highest BCUT2D eigenvalue weighted by atomic mass is 19.1. The molecule has 3 aliphatic rings. The average Bonchev–Trinajstić information content (AvgIpc) is 3.42. The van der Waals surface area contributed by atoms with E-state index in [4.69, 9.17) is 14.7 Å². The van der Waals surface area contributed by atoms with Crippen molar-refractivity contribution in [3.8, 4) is 12.1 Å². The number of amides is 1. The van der Waals surface area contributed by atoms with E-state index in [1.165, 1.54) is 26.9 Å². The summed E-state index contributed by atoms with van der Waals surface area (Å²) in [6.45, 7) is 11.7. The van der Waals surface area contributed by atoms with Crippen LogP contribution in [-0.2, 0) is 17.8 Å². The minimum absolute atomic E-state index is 0.0902. The molecule has 236 valence electrons. The number of fused-ring (bicyclic) bond motifs is 2. The maximum Gasteiger partial charge on any atom is 0.318 e. The van der Waals surface area contributed by atoms with Gasteiger partial charge in [0.05, 0.1) is 30.8 Å². The molecule has 0 radical (unpaired) electrons. The first-order valence-corrected chi connectivity index (χ1v) is 16.0. The summed E-state index contributed by atoms with van der Waals surface area (Å²) in [5, 5.41) is 12.0. The standard InChI is InChI=1S/C35H42FN7O2/c1-5-25-18-28(40(4)19-25)22-45-35-38-30-21-41(31-11-7-10-26-9-6-8-23(2)32(26)31)15-13-29(30)33(39-35)42-16-17-43(34(44)24(3)36)27(20-42)12-14-37/h6-11,25,27-28H,3,5,12-13,15-22H2,1-2,4H3/t25-,27+,28-/m1/s1. The second-order valence-corrected chi connectivity index (χ2v) is 12.7. The van der Waals surface area contributed by atoms with Gasteiger partial charge in [0.2, 0.25) is 0 Å². The molecule has 9 nitrogen and oxygen atoms in total. The number of halogens is 1. The van der Waals surface area contributed by atoms with E-state index >= 15 is 0 Å². The number of likely N-dealkylation sites (N-methyl/N-ethyl adjacent to an activating group) is 1. The molecule has 2 fully saturated rings. The number of nitrogens with zero attached hydrogens (tertiary/aromatic N) is 7. The lowest BCUT2D eigenvalue weighted by molar-refractivity contribution is -0.131. The third-order valence-electron chi connectivity index (χ3n) is 9.81. The summed E-state index contributed by atoms with van der Waals surface area (Å²) in [7, 11) is 2.15. The second kappa shape index (κ2) is 13.0. The highest BCUT2D eigenvalue weighted by molar-refractivity contribution is 5.97. The smallest absolute Gasteiger partial charge is 0.318 e. The molecule has 2 aromatic carbocycles. The van der Waals surface area contributed by atoms with Gasteiger partial charge in [-0.3, -0.25) is 9.69 Å². The van der Waals surface area contributed by atoms with Crippen LogP contribution in [0.5, 0.6) is 6.01 Å². The zero-order valence-corrected chi connectivity index (χ0v) is 26.5. The van der Waals surface area contributed by atoms with Gasteiger partial charge >= 0.3 is 6.01 Å². The van der Waals surface area contributed by atoms with Gasteiger partial charge in [0.25, 0.3) is 5.91 Å². The lowest BCUT2D eigenvalue weighted by Crippen LogP contribution is -2.55. The van der Waals surface area contributed by atoms with Crippen LogP contribution in [0.2, 0.25) is 0 Å². The summed E-state index contributed by atoms with van der Waals surface area (Å²) in [6.07, 6.45) is 3.07. The van der Waals surface area contributed by atoms with E-state index in [2.05, 4.69) is 84.6 Å². The molecule has 6 rings (SSSR count). The van der Waals surface area contributed by atoms with E-state index in [1.54, 1.807) is 0 Å². The van der Waals surface area contributed by atoms with Gasteiger partial charge in [0.1, 0.15) is 12.4 Å². The molecule has 2 saturated heterocycles. The van der Waals surface area contributed by atoms with E-state index in [1.807, 2.05) is 0 Å². The number of hydrogen-bond donors (Lipinski definition) is 0. The van der Waals surface area contributed by atoms with E-state index in [-0.39, 0.29) is 13.0 Å². The molecule has 45 heavy (non-hydrogen) atoms. The Morgan fingerprint density at radius 2 is 1.91 bits per heavy atom. The van der Waals surface area contributed by atoms with E-state index in [0.29, 0.717) is 44.2 Å². The summed E-state index contributed by atoms with van der Waals surface area (Å²) < 4.78 is 20.2. The van der Waals surface area contributed by atoms with Crippen molar-refractivity contribution < 1.29 is 13.9 Å². The zero-order chi connectivity index (χ0) is 31.7. The molecule has 0 spiro atoms. The minimum Gasteiger partial charge on any atom is -0.462 e. The lowest BCUT2D eigenvalue weighted by Gasteiger charge is -2.42. The first-order chi connectivity index (χ1) is 21.8. The Kier molecular flexibility index (Phi) is 8.90. The molecule has 10 heteroatoms. The number of anilines is 2. The number of nitriles is 1. The predicted molar refractivity (Wildman–Crippen MR) is 174 cm³/mol. The van der Waals surface area contributed by atoms with Gasteiger partial charge in [-0.25, -0.2) is 4.39 Å². The van der Waals surface area contributed by atoms with E-state index < -0.39 is 17.8 Å². The number of ether oxygens (including phenoxy) is 1. The van der Waals surface area contributed by atoms with Gasteiger partial charge in [-0.1, -0.05) is 50.3 Å².